The minimum absolute atomic E-state index is 0.0283. The summed E-state index contributed by atoms with van der Waals surface area (Å²) in [4.78, 5) is 21.2. The summed E-state index contributed by atoms with van der Waals surface area (Å²) >= 11 is 0. The van der Waals surface area contributed by atoms with E-state index in [1.165, 1.54) is 6.33 Å². The molecular weight excluding hydrogens is 366 g/mol. The molecule has 0 saturated heterocycles. The minimum Gasteiger partial charge on any atom is -0.508 e. The number of hydrogen-bond acceptors (Lipinski definition) is 5. The van der Waals surface area contributed by atoms with Crippen LogP contribution in [0.1, 0.15) is 30.4 Å². The van der Waals surface area contributed by atoms with Crippen molar-refractivity contribution < 1.29 is 9.90 Å². The lowest BCUT2D eigenvalue weighted by Gasteiger charge is -2.23. The second-order valence-corrected chi connectivity index (χ2v) is 7.70. The van der Waals surface area contributed by atoms with Crippen molar-refractivity contribution in [2.75, 3.05) is 5.32 Å². The molecule has 1 aliphatic rings. The van der Waals surface area contributed by atoms with E-state index in [2.05, 4.69) is 20.4 Å². The van der Waals surface area contributed by atoms with Crippen molar-refractivity contribution in [2.45, 2.75) is 33.1 Å². The SMILES string of the molecule is Cc1ccc(O)c(C)c1-c1cc2cnc(NC(=O)C3CCC3)cc2n2ncnc12. The largest absolute Gasteiger partial charge is 0.508 e. The number of aromatic nitrogens is 4. The molecule has 1 fully saturated rings. The first-order valence-corrected chi connectivity index (χ1v) is 9.76. The molecule has 0 radical (unpaired) electrons. The van der Waals surface area contributed by atoms with Crippen molar-refractivity contribution in [3.05, 3.63) is 47.9 Å². The van der Waals surface area contributed by atoms with Crippen molar-refractivity contribution in [1.29, 1.82) is 0 Å². The zero-order valence-electron chi connectivity index (χ0n) is 16.3. The van der Waals surface area contributed by atoms with Crippen molar-refractivity contribution in [2.24, 2.45) is 5.92 Å². The van der Waals surface area contributed by atoms with E-state index in [0.29, 0.717) is 11.5 Å². The van der Waals surface area contributed by atoms with Gasteiger partial charge in [0.1, 0.15) is 17.9 Å². The average Bonchev–Trinajstić information content (AvgIpc) is 3.14. The van der Waals surface area contributed by atoms with Gasteiger partial charge in [-0.15, -0.1) is 0 Å². The number of aryl methyl sites for hydroxylation is 1. The molecule has 0 spiro atoms. The van der Waals surface area contributed by atoms with Gasteiger partial charge in [0.25, 0.3) is 0 Å². The second kappa shape index (κ2) is 6.55. The molecule has 3 aromatic heterocycles. The number of amides is 1. The Bertz CT molecular complexity index is 1270. The number of carbonyl (C=O) groups is 1. The fourth-order valence-corrected chi connectivity index (χ4v) is 3.97. The van der Waals surface area contributed by atoms with Crippen LogP contribution in [0.15, 0.2) is 36.8 Å². The minimum atomic E-state index is 0.0283. The smallest absolute Gasteiger partial charge is 0.228 e. The summed E-state index contributed by atoms with van der Waals surface area (Å²) in [5, 5.41) is 18.4. The number of anilines is 1. The molecule has 1 amide bonds. The van der Waals surface area contributed by atoms with Gasteiger partial charge >= 0.3 is 0 Å². The van der Waals surface area contributed by atoms with Gasteiger partial charge < -0.3 is 10.4 Å². The van der Waals surface area contributed by atoms with Crippen molar-refractivity contribution in [3.63, 3.8) is 0 Å². The lowest BCUT2D eigenvalue weighted by Crippen LogP contribution is -2.28. The zero-order chi connectivity index (χ0) is 20.1. The maximum Gasteiger partial charge on any atom is 0.228 e. The second-order valence-electron chi connectivity index (χ2n) is 7.70. The average molecular weight is 387 g/mol. The Morgan fingerprint density at radius 2 is 2.03 bits per heavy atom. The molecule has 3 heterocycles. The van der Waals surface area contributed by atoms with E-state index in [1.54, 1.807) is 16.8 Å². The van der Waals surface area contributed by atoms with Gasteiger partial charge in [0, 0.05) is 29.1 Å². The molecule has 1 aromatic carbocycles. The third-order valence-corrected chi connectivity index (χ3v) is 5.87. The first-order chi connectivity index (χ1) is 14.0. The summed E-state index contributed by atoms with van der Waals surface area (Å²) < 4.78 is 1.76. The van der Waals surface area contributed by atoms with Crippen LogP contribution in [-0.2, 0) is 4.79 Å². The summed E-state index contributed by atoms with van der Waals surface area (Å²) in [6, 6.07) is 7.44. The predicted octanol–water partition coefficient (Wildman–Crippen LogP) is 4.01. The molecular formula is C22H21N5O2. The first-order valence-electron chi connectivity index (χ1n) is 9.76. The van der Waals surface area contributed by atoms with Crippen LogP contribution in [0.4, 0.5) is 5.82 Å². The summed E-state index contributed by atoms with van der Waals surface area (Å²) in [6.07, 6.45) is 6.25. The van der Waals surface area contributed by atoms with Crippen LogP contribution < -0.4 is 5.32 Å². The number of phenols is 1. The van der Waals surface area contributed by atoms with Gasteiger partial charge in [-0.25, -0.2) is 14.5 Å². The van der Waals surface area contributed by atoms with Crippen LogP contribution in [-0.4, -0.2) is 30.6 Å². The Labute approximate surface area is 167 Å². The summed E-state index contributed by atoms with van der Waals surface area (Å²) in [5.74, 6) is 0.887. The number of nitrogens with one attached hydrogen (secondary N) is 1. The summed E-state index contributed by atoms with van der Waals surface area (Å²) in [5.41, 5.74) is 5.17. The number of phenolic OH excluding ortho intramolecular Hbond substituents is 1. The van der Waals surface area contributed by atoms with E-state index < -0.39 is 0 Å². The lowest BCUT2D eigenvalue weighted by molar-refractivity contribution is -0.122. The van der Waals surface area contributed by atoms with Gasteiger partial charge in [0.15, 0.2) is 5.65 Å². The highest BCUT2D eigenvalue weighted by Crippen LogP contribution is 2.36. The Kier molecular flexibility index (Phi) is 3.97. The summed E-state index contributed by atoms with van der Waals surface area (Å²) in [7, 11) is 0. The van der Waals surface area contributed by atoms with Crippen LogP contribution in [0.2, 0.25) is 0 Å². The third-order valence-electron chi connectivity index (χ3n) is 5.87. The molecule has 5 rings (SSSR count). The highest BCUT2D eigenvalue weighted by molar-refractivity contribution is 5.96. The third kappa shape index (κ3) is 2.81. The number of pyridine rings is 2. The van der Waals surface area contributed by atoms with E-state index in [9.17, 15) is 9.90 Å². The van der Waals surface area contributed by atoms with Gasteiger partial charge in [-0.05, 0) is 55.5 Å². The van der Waals surface area contributed by atoms with E-state index in [1.807, 2.05) is 32.0 Å². The van der Waals surface area contributed by atoms with Crippen molar-refractivity contribution >= 4 is 28.3 Å². The number of aromatic hydroxyl groups is 1. The Morgan fingerprint density at radius 1 is 1.21 bits per heavy atom. The summed E-state index contributed by atoms with van der Waals surface area (Å²) in [6.45, 7) is 3.90. The number of carbonyl (C=O) groups excluding carboxylic acids is 1. The number of benzene rings is 1. The number of hydrogen-bond donors (Lipinski definition) is 2. The van der Waals surface area contributed by atoms with Gasteiger partial charge in [0.2, 0.25) is 5.91 Å². The molecule has 7 nitrogen and oxygen atoms in total. The molecule has 4 aromatic rings. The number of rotatable bonds is 3. The highest BCUT2D eigenvalue weighted by Gasteiger charge is 2.25. The lowest BCUT2D eigenvalue weighted by atomic mass is 9.85. The maximum atomic E-state index is 12.3. The Morgan fingerprint density at radius 3 is 2.79 bits per heavy atom. The molecule has 146 valence electrons. The highest BCUT2D eigenvalue weighted by atomic mass is 16.3. The van der Waals surface area contributed by atoms with E-state index >= 15 is 0 Å². The number of nitrogens with zero attached hydrogens (tertiary/aromatic N) is 4. The van der Waals surface area contributed by atoms with Crippen LogP contribution in [0.5, 0.6) is 5.75 Å². The van der Waals surface area contributed by atoms with E-state index in [0.717, 1.165) is 52.4 Å². The maximum absolute atomic E-state index is 12.3. The van der Waals surface area contributed by atoms with Gasteiger partial charge in [-0.1, -0.05) is 12.5 Å². The molecule has 0 bridgehead atoms. The van der Waals surface area contributed by atoms with Crippen LogP contribution in [0, 0.1) is 19.8 Å². The van der Waals surface area contributed by atoms with Crippen molar-refractivity contribution in [3.8, 4) is 16.9 Å². The fourth-order valence-electron chi connectivity index (χ4n) is 3.97. The molecule has 0 atom stereocenters. The first kappa shape index (κ1) is 17.6. The molecule has 1 aliphatic carbocycles. The predicted molar refractivity (Wildman–Crippen MR) is 111 cm³/mol. The van der Waals surface area contributed by atoms with Crippen LogP contribution in [0.3, 0.4) is 0 Å². The van der Waals surface area contributed by atoms with Crippen molar-refractivity contribution in [1.82, 2.24) is 19.6 Å². The van der Waals surface area contributed by atoms with Gasteiger partial charge in [0.05, 0.1) is 5.52 Å². The van der Waals surface area contributed by atoms with Gasteiger partial charge in [-0.3, -0.25) is 4.79 Å². The molecule has 1 saturated carbocycles. The Hall–Kier alpha value is -3.48. The van der Waals surface area contributed by atoms with Crippen LogP contribution >= 0.6 is 0 Å². The zero-order valence-corrected chi connectivity index (χ0v) is 16.3. The van der Waals surface area contributed by atoms with Crippen LogP contribution in [0.25, 0.3) is 27.7 Å². The molecule has 0 unspecified atom stereocenters. The standard InChI is InChI=1S/C22H21N5O2/c1-12-6-7-18(28)13(2)20(12)16-8-15-10-23-19(26-22(29)14-4-3-5-14)9-17(15)27-21(16)24-11-25-27/h6-11,14,28H,3-5H2,1-2H3,(H,23,26,29). The Balaban J connectivity index is 1.67. The van der Waals surface area contributed by atoms with E-state index in [4.69, 9.17) is 0 Å². The molecule has 7 heteroatoms. The molecule has 0 aliphatic heterocycles. The monoisotopic (exact) mass is 387 g/mol. The molecule has 29 heavy (non-hydrogen) atoms. The fraction of sp³-hybridized carbons (Fsp3) is 0.273. The van der Waals surface area contributed by atoms with Gasteiger partial charge in [-0.2, -0.15) is 5.10 Å². The molecule has 2 N–H and O–H groups in total. The number of fused-ring (bicyclic) bond motifs is 3. The topological polar surface area (TPSA) is 92.4 Å². The quantitative estimate of drug-likeness (QED) is 0.554. The van der Waals surface area contributed by atoms with E-state index in [-0.39, 0.29) is 17.6 Å². The normalized spacial score (nSPS) is 14.3.